The first-order valence-electron chi connectivity index (χ1n) is 8.52. The minimum atomic E-state index is -0.545. The van der Waals surface area contributed by atoms with Crippen LogP contribution in [0.4, 0.5) is 0 Å². The molecule has 134 valence electrons. The number of aromatic nitrogens is 3. The maximum Gasteiger partial charge on any atom is 0.251 e. The molecule has 3 N–H and O–H groups in total. The highest BCUT2D eigenvalue weighted by Gasteiger charge is 2.23. The number of rotatable bonds is 3. The summed E-state index contributed by atoms with van der Waals surface area (Å²) in [4.78, 5) is 16.9. The SMILES string of the molecule is Cc1nc2c(c(C)nn2-c2ccccc2)c(-c2ccc(O)cc2)c1C(N)=O. The van der Waals surface area contributed by atoms with Gasteiger partial charge in [-0.25, -0.2) is 9.67 Å². The van der Waals surface area contributed by atoms with Crippen LogP contribution in [-0.2, 0) is 0 Å². The molecule has 0 spiro atoms. The van der Waals surface area contributed by atoms with Crippen LogP contribution >= 0.6 is 0 Å². The molecule has 0 unspecified atom stereocenters. The predicted octanol–water partition coefficient (Wildman–Crippen LogP) is 3.51. The summed E-state index contributed by atoms with van der Waals surface area (Å²) < 4.78 is 1.77. The fourth-order valence-corrected chi connectivity index (χ4v) is 3.40. The van der Waals surface area contributed by atoms with Crippen LogP contribution in [0.2, 0.25) is 0 Å². The highest BCUT2D eigenvalue weighted by atomic mass is 16.3. The van der Waals surface area contributed by atoms with Crippen LogP contribution in [0.5, 0.6) is 5.75 Å². The van der Waals surface area contributed by atoms with Crippen LogP contribution in [0.3, 0.4) is 0 Å². The molecule has 1 amide bonds. The first-order chi connectivity index (χ1) is 13.0. The molecule has 0 aliphatic carbocycles. The molecule has 2 heterocycles. The Balaban J connectivity index is 2.14. The number of benzene rings is 2. The van der Waals surface area contributed by atoms with Crippen LogP contribution in [0.25, 0.3) is 27.8 Å². The number of amides is 1. The number of para-hydroxylation sites is 1. The maximum atomic E-state index is 12.2. The summed E-state index contributed by atoms with van der Waals surface area (Å²) in [5, 5.41) is 15.1. The molecule has 27 heavy (non-hydrogen) atoms. The van der Waals surface area contributed by atoms with Crippen molar-refractivity contribution in [3.8, 4) is 22.6 Å². The molecule has 2 aromatic heterocycles. The largest absolute Gasteiger partial charge is 0.508 e. The lowest BCUT2D eigenvalue weighted by Crippen LogP contribution is -2.16. The van der Waals surface area contributed by atoms with E-state index in [4.69, 9.17) is 5.73 Å². The van der Waals surface area contributed by atoms with Gasteiger partial charge in [0.15, 0.2) is 5.65 Å². The lowest BCUT2D eigenvalue weighted by Gasteiger charge is -2.13. The van der Waals surface area contributed by atoms with Gasteiger partial charge in [-0.1, -0.05) is 30.3 Å². The van der Waals surface area contributed by atoms with Gasteiger partial charge in [0.2, 0.25) is 0 Å². The molecule has 4 rings (SSSR count). The minimum absolute atomic E-state index is 0.151. The summed E-state index contributed by atoms with van der Waals surface area (Å²) in [7, 11) is 0. The van der Waals surface area contributed by atoms with Crippen molar-refractivity contribution in [3.05, 3.63) is 71.5 Å². The Kier molecular flexibility index (Phi) is 3.88. The van der Waals surface area contributed by atoms with E-state index in [9.17, 15) is 9.90 Å². The number of hydrogen-bond acceptors (Lipinski definition) is 4. The standard InChI is InChI=1S/C21H18N4O2/c1-12-17(20(22)27)19(14-8-10-16(26)11-9-14)18-13(2)24-25(21(18)23-12)15-6-4-3-5-7-15/h3-11,26H,1-2H3,(H2,22,27). The van der Waals surface area contributed by atoms with Crippen molar-refractivity contribution < 1.29 is 9.90 Å². The number of carbonyl (C=O) groups is 1. The third kappa shape index (κ3) is 2.71. The third-order valence-corrected chi connectivity index (χ3v) is 4.57. The van der Waals surface area contributed by atoms with Gasteiger partial charge in [0.05, 0.1) is 28.0 Å². The molecule has 0 aliphatic rings. The summed E-state index contributed by atoms with van der Waals surface area (Å²) >= 11 is 0. The van der Waals surface area contributed by atoms with E-state index in [-0.39, 0.29) is 5.75 Å². The van der Waals surface area contributed by atoms with E-state index in [1.54, 1.807) is 35.9 Å². The molecular formula is C21H18N4O2. The molecule has 2 aromatic carbocycles. The van der Waals surface area contributed by atoms with Gasteiger partial charge in [0.1, 0.15) is 5.75 Å². The topological polar surface area (TPSA) is 94.0 Å². The number of nitrogens with zero attached hydrogens (tertiary/aromatic N) is 3. The lowest BCUT2D eigenvalue weighted by atomic mass is 9.94. The first kappa shape index (κ1) is 16.8. The molecule has 0 fully saturated rings. The smallest absolute Gasteiger partial charge is 0.251 e. The average Bonchev–Trinajstić information content (AvgIpc) is 2.98. The number of phenols is 1. The zero-order valence-electron chi connectivity index (χ0n) is 15.0. The zero-order valence-corrected chi connectivity index (χ0v) is 15.0. The summed E-state index contributed by atoms with van der Waals surface area (Å²) in [6.07, 6.45) is 0. The highest BCUT2D eigenvalue weighted by molar-refractivity contribution is 6.09. The van der Waals surface area contributed by atoms with Crippen molar-refractivity contribution in [2.75, 3.05) is 0 Å². The van der Waals surface area contributed by atoms with Crippen LogP contribution in [0, 0.1) is 13.8 Å². The summed E-state index contributed by atoms with van der Waals surface area (Å²) in [5.41, 5.74) is 10.3. The Morgan fingerprint density at radius 3 is 2.30 bits per heavy atom. The van der Waals surface area contributed by atoms with Crippen LogP contribution in [0.15, 0.2) is 54.6 Å². The van der Waals surface area contributed by atoms with Crippen molar-refractivity contribution in [1.29, 1.82) is 0 Å². The molecule has 0 saturated carbocycles. The van der Waals surface area contributed by atoms with E-state index in [0.29, 0.717) is 22.5 Å². The normalized spacial score (nSPS) is 11.0. The number of phenolic OH excluding ortho intramolecular Hbond substituents is 1. The Morgan fingerprint density at radius 2 is 1.67 bits per heavy atom. The molecular weight excluding hydrogens is 340 g/mol. The molecule has 4 aromatic rings. The number of primary amides is 1. The van der Waals surface area contributed by atoms with Crippen molar-refractivity contribution >= 4 is 16.9 Å². The van der Waals surface area contributed by atoms with Gasteiger partial charge in [-0.2, -0.15) is 5.10 Å². The number of pyridine rings is 1. The van der Waals surface area contributed by atoms with E-state index in [0.717, 1.165) is 22.3 Å². The molecule has 0 saturated heterocycles. The van der Waals surface area contributed by atoms with E-state index in [2.05, 4.69) is 10.1 Å². The maximum absolute atomic E-state index is 12.2. The average molecular weight is 358 g/mol. The Bertz CT molecular complexity index is 1160. The second-order valence-electron chi connectivity index (χ2n) is 6.39. The fourth-order valence-electron chi connectivity index (χ4n) is 3.40. The molecule has 0 atom stereocenters. The quantitative estimate of drug-likeness (QED) is 0.586. The molecule has 0 bridgehead atoms. The zero-order chi connectivity index (χ0) is 19.1. The monoisotopic (exact) mass is 358 g/mol. The highest BCUT2D eigenvalue weighted by Crippen LogP contribution is 2.36. The van der Waals surface area contributed by atoms with Crippen LogP contribution < -0.4 is 5.73 Å². The minimum Gasteiger partial charge on any atom is -0.508 e. The van der Waals surface area contributed by atoms with Gasteiger partial charge in [0, 0.05) is 5.56 Å². The molecule has 6 heteroatoms. The van der Waals surface area contributed by atoms with Gasteiger partial charge in [-0.05, 0) is 43.7 Å². The third-order valence-electron chi connectivity index (χ3n) is 4.57. The van der Waals surface area contributed by atoms with Crippen molar-refractivity contribution in [2.45, 2.75) is 13.8 Å². The summed E-state index contributed by atoms with van der Waals surface area (Å²) in [6, 6.07) is 16.4. The van der Waals surface area contributed by atoms with Gasteiger partial charge in [-0.15, -0.1) is 0 Å². The van der Waals surface area contributed by atoms with Gasteiger partial charge in [0.25, 0.3) is 5.91 Å². The molecule has 6 nitrogen and oxygen atoms in total. The number of aromatic hydroxyl groups is 1. The Morgan fingerprint density at radius 1 is 1.00 bits per heavy atom. The van der Waals surface area contributed by atoms with E-state index < -0.39 is 5.91 Å². The molecule has 0 aliphatic heterocycles. The first-order valence-corrected chi connectivity index (χ1v) is 8.52. The van der Waals surface area contributed by atoms with E-state index >= 15 is 0 Å². The van der Waals surface area contributed by atoms with Crippen molar-refractivity contribution in [2.24, 2.45) is 5.73 Å². The van der Waals surface area contributed by atoms with Crippen LogP contribution in [-0.4, -0.2) is 25.8 Å². The van der Waals surface area contributed by atoms with Gasteiger partial charge < -0.3 is 10.8 Å². The number of fused-ring (bicyclic) bond motifs is 1. The number of hydrogen-bond donors (Lipinski definition) is 2. The Labute approximate surface area is 155 Å². The lowest BCUT2D eigenvalue weighted by molar-refractivity contribution is 0.1000. The Hall–Kier alpha value is -3.67. The number of nitrogens with two attached hydrogens (primary N) is 1. The van der Waals surface area contributed by atoms with Gasteiger partial charge in [-0.3, -0.25) is 4.79 Å². The predicted molar refractivity (Wildman–Crippen MR) is 104 cm³/mol. The summed E-state index contributed by atoms with van der Waals surface area (Å²) in [6.45, 7) is 3.65. The molecule has 0 radical (unpaired) electrons. The van der Waals surface area contributed by atoms with Crippen molar-refractivity contribution in [3.63, 3.8) is 0 Å². The second kappa shape index (κ2) is 6.25. The summed E-state index contributed by atoms with van der Waals surface area (Å²) in [5.74, 6) is -0.394. The van der Waals surface area contributed by atoms with E-state index in [1.807, 2.05) is 37.3 Å². The second-order valence-corrected chi connectivity index (χ2v) is 6.39. The fraction of sp³-hybridized carbons (Fsp3) is 0.0952. The van der Waals surface area contributed by atoms with Gasteiger partial charge >= 0.3 is 0 Å². The van der Waals surface area contributed by atoms with Crippen molar-refractivity contribution in [1.82, 2.24) is 14.8 Å². The number of carbonyl (C=O) groups excluding carboxylic acids is 1. The van der Waals surface area contributed by atoms with Crippen LogP contribution in [0.1, 0.15) is 21.7 Å². The number of aryl methyl sites for hydroxylation is 2. The van der Waals surface area contributed by atoms with E-state index in [1.165, 1.54) is 0 Å².